The summed E-state index contributed by atoms with van der Waals surface area (Å²) in [7, 11) is -7.30. The second-order valence-electron chi connectivity index (χ2n) is 6.68. The van der Waals surface area contributed by atoms with E-state index in [0.29, 0.717) is 0 Å². The van der Waals surface area contributed by atoms with Gasteiger partial charge in [-0.1, -0.05) is 12.2 Å². The molecule has 0 aromatic rings. The smallest absolute Gasteiger partial charge is 0.293 e. The van der Waals surface area contributed by atoms with Crippen LogP contribution in [0, 0.1) is 17.8 Å². The third-order valence-electron chi connectivity index (χ3n) is 5.11. The van der Waals surface area contributed by atoms with E-state index in [4.69, 9.17) is 0 Å². The zero-order valence-corrected chi connectivity index (χ0v) is 14.3. The molecule has 6 nitrogen and oxygen atoms in total. The first-order chi connectivity index (χ1) is 12.8. The van der Waals surface area contributed by atoms with Crippen molar-refractivity contribution in [3.63, 3.8) is 0 Å². The van der Waals surface area contributed by atoms with Gasteiger partial charge in [0.1, 0.15) is 0 Å². The fourth-order valence-electron chi connectivity index (χ4n) is 3.73. The number of hydrogen-bond acceptors (Lipinski definition) is 5. The van der Waals surface area contributed by atoms with Gasteiger partial charge in [0.05, 0.1) is 5.92 Å². The number of amides is 2. The first-order valence-corrected chi connectivity index (χ1v) is 8.94. The number of hydrogen-bond donors (Lipinski definition) is 1. The van der Waals surface area contributed by atoms with Crippen LogP contribution < -0.4 is 5.32 Å². The summed E-state index contributed by atoms with van der Waals surface area (Å²) in [6, 6.07) is 0. The summed E-state index contributed by atoms with van der Waals surface area (Å²) in [6.07, 6.45) is -5.08. The van der Waals surface area contributed by atoms with Gasteiger partial charge in [0.15, 0.2) is 5.60 Å². The number of nitrogens with one attached hydrogen (secondary N) is 1. The molecule has 2 aliphatic carbocycles. The van der Waals surface area contributed by atoms with Crippen LogP contribution in [0.4, 0.5) is 39.5 Å². The molecular formula is C13H8F9NO5S. The van der Waals surface area contributed by atoms with Crippen molar-refractivity contribution in [2.24, 2.45) is 17.8 Å². The van der Waals surface area contributed by atoms with Crippen LogP contribution in [0.5, 0.6) is 0 Å². The van der Waals surface area contributed by atoms with Crippen molar-refractivity contribution in [1.82, 2.24) is 5.32 Å². The SMILES string of the molecule is O=C1NC(=O)C2(OS(=O)(=O)C(F)(F)C(F)(F)C(F)(F)C(F)(F)F)C3C=CC(C3)C12. The molecule has 0 aromatic heterocycles. The van der Waals surface area contributed by atoms with E-state index < -0.39 is 68.6 Å². The normalized spacial score (nSPS) is 32.7. The van der Waals surface area contributed by atoms with Crippen molar-refractivity contribution in [1.29, 1.82) is 0 Å². The highest BCUT2D eigenvalue weighted by atomic mass is 32.2. The predicted octanol–water partition coefficient (Wildman–Crippen LogP) is 1.98. The van der Waals surface area contributed by atoms with Crippen LogP contribution in [0.25, 0.3) is 0 Å². The van der Waals surface area contributed by atoms with Crippen molar-refractivity contribution < 1.29 is 61.7 Å². The van der Waals surface area contributed by atoms with Gasteiger partial charge in [-0.25, -0.2) is 4.18 Å². The highest BCUT2D eigenvalue weighted by Crippen LogP contribution is 2.59. The van der Waals surface area contributed by atoms with Gasteiger partial charge in [0, 0.05) is 5.92 Å². The average Bonchev–Trinajstić information content (AvgIpc) is 3.18. The molecule has 1 heterocycles. The molecule has 2 amide bonds. The van der Waals surface area contributed by atoms with Gasteiger partial charge in [-0.3, -0.25) is 14.9 Å². The highest BCUT2D eigenvalue weighted by molar-refractivity contribution is 7.88. The maximum absolute atomic E-state index is 13.9. The third-order valence-corrected chi connectivity index (χ3v) is 6.49. The van der Waals surface area contributed by atoms with Crippen molar-refractivity contribution in [3.8, 4) is 0 Å². The van der Waals surface area contributed by atoms with E-state index in [-0.39, 0.29) is 6.42 Å². The maximum atomic E-state index is 13.9. The van der Waals surface area contributed by atoms with Gasteiger partial charge in [-0.15, -0.1) is 0 Å². The molecule has 1 N–H and O–H groups in total. The summed E-state index contributed by atoms with van der Waals surface area (Å²) in [5.41, 5.74) is -3.00. The van der Waals surface area contributed by atoms with Gasteiger partial charge in [-0.05, 0) is 12.3 Å². The number of alkyl halides is 9. The Labute approximate surface area is 155 Å². The summed E-state index contributed by atoms with van der Waals surface area (Å²) in [4.78, 5) is 23.9. The Bertz CT molecular complexity index is 912. The van der Waals surface area contributed by atoms with E-state index >= 15 is 0 Å². The standard InChI is InChI=1S/C13H8F9NO5S/c14-10(15,12(18,19)20)11(16,17)13(21,22)29(26,27)28-9-5-2-1-4(3-5)6(9)7(24)23-8(9)25/h1-2,4-6H,3H2,(H,23,24,25). The highest BCUT2D eigenvalue weighted by Gasteiger charge is 2.86. The largest absolute Gasteiger partial charge is 0.460 e. The Morgan fingerprint density at radius 1 is 0.966 bits per heavy atom. The molecule has 1 saturated carbocycles. The molecule has 2 bridgehead atoms. The van der Waals surface area contributed by atoms with Crippen molar-refractivity contribution in [3.05, 3.63) is 12.2 Å². The summed E-state index contributed by atoms with van der Waals surface area (Å²) in [5.74, 6) is -21.9. The third kappa shape index (κ3) is 2.44. The van der Waals surface area contributed by atoms with Crippen molar-refractivity contribution >= 4 is 21.9 Å². The van der Waals surface area contributed by atoms with Crippen LogP contribution in [-0.2, 0) is 23.9 Å². The van der Waals surface area contributed by atoms with Crippen molar-refractivity contribution in [2.45, 2.75) is 35.3 Å². The number of carbonyl (C=O) groups is 2. The number of imide groups is 1. The lowest BCUT2D eigenvalue weighted by Crippen LogP contribution is -2.64. The first kappa shape index (κ1) is 21.9. The fraction of sp³-hybridized carbons (Fsp3) is 0.692. The first-order valence-electron chi connectivity index (χ1n) is 7.53. The van der Waals surface area contributed by atoms with Gasteiger partial charge >= 0.3 is 33.4 Å². The van der Waals surface area contributed by atoms with E-state index in [1.807, 2.05) is 0 Å². The zero-order valence-electron chi connectivity index (χ0n) is 13.4. The predicted molar refractivity (Wildman–Crippen MR) is 71.0 cm³/mol. The van der Waals surface area contributed by atoms with Crippen LogP contribution in [-0.4, -0.2) is 49.1 Å². The van der Waals surface area contributed by atoms with Gasteiger partial charge < -0.3 is 0 Å². The van der Waals surface area contributed by atoms with Crippen LogP contribution in [0.15, 0.2) is 12.2 Å². The number of halogens is 9. The molecule has 1 saturated heterocycles. The summed E-state index contributed by atoms with van der Waals surface area (Å²) < 4.78 is 145. The second-order valence-corrected chi connectivity index (χ2v) is 8.27. The number of rotatable bonds is 5. The Hall–Kier alpha value is -1.84. The Morgan fingerprint density at radius 2 is 1.52 bits per heavy atom. The van der Waals surface area contributed by atoms with Crippen molar-refractivity contribution in [2.75, 3.05) is 0 Å². The van der Waals surface area contributed by atoms with Crippen LogP contribution >= 0.6 is 0 Å². The lowest BCUT2D eigenvalue weighted by Gasteiger charge is -2.36. The minimum absolute atomic E-state index is 0.194. The molecule has 0 aromatic carbocycles. The van der Waals surface area contributed by atoms with Crippen LogP contribution in [0.2, 0.25) is 0 Å². The summed E-state index contributed by atoms with van der Waals surface area (Å²) >= 11 is 0. The molecule has 3 aliphatic rings. The van der Waals surface area contributed by atoms with Gasteiger partial charge in [0.2, 0.25) is 5.91 Å². The lowest BCUT2D eigenvalue weighted by atomic mass is 9.81. The fourth-order valence-corrected chi connectivity index (χ4v) is 4.94. The lowest BCUT2D eigenvalue weighted by molar-refractivity contribution is -0.383. The topological polar surface area (TPSA) is 89.5 Å². The number of allylic oxidation sites excluding steroid dienone is 1. The Balaban J connectivity index is 2.06. The monoisotopic (exact) mass is 461 g/mol. The molecule has 2 fully saturated rings. The molecule has 1 aliphatic heterocycles. The van der Waals surface area contributed by atoms with Gasteiger partial charge in [0.25, 0.3) is 5.91 Å². The van der Waals surface area contributed by atoms with E-state index in [1.165, 1.54) is 6.08 Å². The molecule has 29 heavy (non-hydrogen) atoms. The quantitative estimate of drug-likeness (QED) is 0.293. The molecule has 164 valence electrons. The number of fused-ring (bicyclic) bond motifs is 5. The van der Waals surface area contributed by atoms with Crippen LogP contribution in [0.3, 0.4) is 0 Å². The van der Waals surface area contributed by atoms with Crippen LogP contribution in [0.1, 0.15) is 6.42 Å². The molecular weight excluding hydrogens is 453 g/mol. The summed E-state index contributed by atoms with van der Waals surface area (Å²) in [6.45, 7) is 0. The molecule has 16 heteroatoms. The second kappa shape index (κ2) is 5.65. The van der Waals surface area contributed by atoms with E-state index in [9.17, 15) is 57.5 Å². The molecule has 4 atom stereocenters. The van der Waals surface area contributed by atoms with E-state index in [1.54, 1.807) is 5.32 Å². The molecule has 0 spiro atoms. The Kier molecular flexibility index (Phi) is 4.26. The molecule has 4 unspecified atom stereocenters. The summed E-state index contributed by atoms with van der Waals surface area (Å²) in [5, 5.41) is -5.56. The van der Waals surface area contributed by atoms with E-state index in [2.05, 4.69) is 4.18 Å². The van der Waals surface area contributed by atoms with Gasteiger partial charge in [-0.2, -0.15) is 47.9 Å². The number of carbonyl (C=O) groups excluding carboxylic acids is 2. The zero-order chi connectivity index (χ0) is 22.4. The molecule has 0 radical (unpaired) electrons. The minimum atomic E-state index is -7.50. The van der Waals surface area contributed by atoms with E-state index in [0.717, 1.165) is 6.08 Å². The molecule has 3 rings (SSSR count). The maximum Gasteiger partial charge on any atom is 0.460 e. The Morgan fingerprint density at radius 3 is 2.03 bits per heavy atom. The minimum Gasteiger partial charge on any atom is -0.293 e. The average molecular weight is 461 g/mol.